The average Bonchev–Trinajstić information content (AvgIpc) is 2.93. The Bertz CT molecular complexity index is 697. The van der Waals surface area contributed by atoms with Gasteiger partial charge in [-0.05, 0) is 61.3 Å². The SMILES string of the molecule is Cc1cc2c(CCCN)c3oc(C)cc3c(Br)c2o1. The van der Waals surface area contributed by atoms with Gasteiger partial charge in [-0.2, -0.15) is 0 Å². The fraction of sp³-hybridized carbons (Fsp3) is 0.333. The molecule has 0 aliphatic carbocycles. The van der Waals surface area contributed by atoms with E-state index in [1.165, 1.54) is 5.56 Å². The third-order valence-electron chi connectivity index (χ3n) is 3.38. The van der Waals surface area contributed by atoms with Gasteiger partial charge in [-0.25, -0.2) is 0 Å². The first-order valence-corrected chi connectivity index (χ1v) is 7.21. The van der Waals surface area contributed by atoms with Crippen LogP contribution < -0.4 is 5.73 Å². The van der Waals surface area contributed by atoms with E-state index in [4.69, 9.17) is 14.6 Å². The van der Waals surface area contributed by atoms with Gasteiger partial charge in [-0.3, -0.25) is 0 Å². The number of hydrogen-bond acceptors (Lipinski definition) is 3. The topological polar surface area (TPSA) is 52.3 Å². The van der Waals surface area contributed by atoms with Crippen LogP contribution in [-0.4, -0.2) is 6.54 Å². The van der Waals surface area contributed by atoms with E-state index >= 15 is 0 Å². The summed E-state index contributed by atoms with van der Waals surface area (Å²) in [6.07, 6.45) is 1.85. The smallest absolute Gasteiger partial charge is 0.149 e. The molecule has 2 aromatic heterocycles. The minimum Gasteiger partial charge on any atom is -0.461 e. The number of nitrogens with two attached hydrogens (primary N) is 1. The van der Waals surface area contributed by atoms with Crippen molar-refractivity contribution in [3.8, 4) is 0 Å². The summed E-state index contributed by atoms with van der Waals surface area (Å²) in [4.78, 5) is 0. The molecule has 2 N–H and O–H groups in total. The van der Waals surface area contributed by atoms with Crippen molar-refractivity contribution >= 4 is 37.9 Å². The lowest BCUT2D eigenvalue weighted by Crippen LogP contribution is -2.00. The molecule has 0 spiro atoms. The molecular formula is C15H16BrNO2. The van der Waals surface area contributed by atoms with E-state index in [-0.39, 0.29) is 0 Å². The van der Waals surface area contributed by atoms with Gasteiger partial charge in [-0.1, -0.05) is 0 Å². The maximum Gasteiger partial charge on any atom is 0.149 e. The number of rotatable bonds is 3. The summed E-state index contributed by atoms with van der Waals surface area (Å²) in [6, 6.07) is 4.12. The van der Waals surface area contributed by atoms with Crippen molar-refractivity contribution in [2.45, 2.75) is 26.7 Å². The molecule has 3 aromatic rings. The summed E-state index contributed by atoms with van der Waals surface area (Å²) >= 11 is 3.63. The molecule has 0 bridgehead atoms. The summed E-state index contributed by atoms with van der Waals surface area (Å²) in [5.74, 6) is 1.82. The number of halogens is 1. The van der Waals surface area contributed by atoms with Crippen molar-refractivity contribution in [2.75, 3.05) is 6.54 Å². The molecule has 100 valence electrons. The van der Waals surface area contributed by atoms with Gasteiger partial charge in [0.05, 0.1) is 4.47 Å². The van der Waals surface area contributed by atoms with Crippen LogP contribution in [0.25, 0.3) is 21.9 Å². The van der Waals surface area contributed by atoms with Crippen LogP contribution in [0.5, 0.6) is 0 Å². The molecule has 0 aliphatic rings. The molecule has 1 aromatic carbocycles. The Labute approximate surface area is 119 Å². The molecule has 0 amide bonds. The van der Waals surface area contributed by atoms with Crippen LogP contribution in [0.4, 0.5) is 0 Å². The Balaban J connectivity index is 2.40. The number of benzene rings is 1. The van der Waals surface area contributed by atoms with Crippen LogP contribution >= 0.6 is 15.9 Å². The molecular weight excluding hydrogens is 306 g/mol. The molecule has 4 heteroatoms. The summed E-state index contributed by atoms with van der Waals surface area (Å²) in [7, 11) is 0. The van der Waals surface area contributed by atoms with Crippen LogP contribution in [0.1, 0.15) is 23.5 Å². The van der Waals surface area contributed by atoms with Gasteiger partial charge in [0.15, 0.2) is 0 Å². The van der Waals surface area contributed by atoms with Gasteiger partial charge in [0.2, 0.25) is 0 Å². The molecule has 0 atom stereocenters. The normalized spacial score (nSPS) is 11.8. The fourth-order valence-corrected chi connectivity index (χ4v) is 3.16. The summed E-state index contributed by atoms with van der Waals surface area (Å²) < 4.78 is 12.7. The molecule has 19 heavy (non-hydrogen) atoms. The van der Waals surface area contributed by atoms with Gasteiger partial charge in [0.1, 0.15) is 22.7 Å². The highest BCUT2D eigenvalue weighted by Gasteiger charge is 2.18. The second-order valence-corrected chi connectivity index (χ2v) is 5.68. The monoisotopic (exact) mass is 321 g/mol. The Morgan fingerprint density at radius 1 is 1.05 bits per heavy atom. The predicted molar refractivity (Wildman–Crippen MR) is 80.5 cm³/mol. The quantitative estimate of drug-likeness (QED) is 0.775. The minimum atomic E-state index is 0.676. The van der Waals surface area contributed by atoms with E-state index < -0.39 is 0 Å². The zero-order chi connectivity index (χ0) is 13.6. The number of fused-ring (bicyclic) bond motifs is 2. The van der Waals surface area contributed by atoms with Crippen LogP contribution in [0.2, 0.25) is 0 Å². The van der Waals surface area contributed by atoms with Crippen LogP contribution in [0.15, 0.2) is 25.4 Å². The first kappa shape index (κ1) is 12.8. The first-order chi connectivity index (χ1) is 9.11. The standard InChI is InChI=1S/C15H16BrNO2/c1-8-6-11-10(4-3-5-17)14-12(7-9(2)18-14)13(16)15(11)19-8/h6-7H,3-5,17H2,1-2H3. The Hall–Kier alpha value is -1.26. The summed E-state index contributed by atoms with van der Waals surface area (Å²) in [6.45, 7) is 4.61. The molecule has 0 saturated heterocycles. The van der Waals surface area contributed by atoms with Crippen molar-refractivity contribution < 1.29 is 8.83 Å². The van der Waals surface area contributed by atoms with Crippen molar-refractivity contribution in [3.05, 3.63) is 33.7 Å². The van der Waals surface area contributed by atoms with Gasteiger partial charge >= 0.3 is 0 Å². The summed E-state index contributed by atoms with van der Waals surface area (Å²) in [5.41, 5.74) is 8.69. The Kier molecular flexibility index (Phi) is 3.15. The minimum absolute atomic E-state index is 0.676. The van der Waals surface area contributed by atoms with E-state index in [1.807, 2.05) is 19.9 Å². The number of furan rings is 2. The van der Waals surface area contributed by atoms with Crippen LogP contribution in [-0.2, 0) is 6.42 Å². The lowest BCUT2D eigenvalue weighted by Gasteiger charge is -2.05. The molecule has 3 nitrogen and oxygen atoms in total. The van der Waals surface area contributed by atoms with E-state index in [9.17, 15) is 0 Å². The van der Waals surface area contributed by atoms with Gasteiger partial charge in [0, 0.05) is 16.3 Å². The summed E-state index contributed by atoms with van der Waals surface area (Å²) in [5, 5.41) is 2.20. The highest BCUT2D eigenvalue weighted by atomic mass is 79.9. The Morgan fingerprint density at radius 2 is 1.68 bits per heavy atom. The van der Waals surface area contributed by atoms with Crippen molar-refractivity contribution in [3.63, 3.8) is 0 Å². The fourth-order valence-electron chi connectivity index (χ4n) is 2.57. The Morgan fingerprint density at radius 3 is 2.37 bits per heavy atom. The van der Waals surface area contributed by atoms with Crippen molar-refractivity contribution in [2.24, 2.45) is 5.73 Å². The maximum atomic E-state index is 5.88. The zero-order valence-corrected chi connectivity index (χ0v) is 12.6. The molecule has 0 saturated carbocycles. The van der Waals surface area contributed by atoms with Crippen molar-refractivity contribution in [1.82, 2.24) is 0 Å². The van der Waals surface area contributed by atoms with Gasteiger partial charge < -0.3 is 14.6 Å². The van der Waals surface area contributed by atoms with Crippen molar-refractivity contribution in [1.29, 1.82) is 0 Å². The first-order valence-electron chi connectivity index (χ1n) is 6.42. The molecule has 0 aliphatic heterocycles. The van der Waals surface area contributed by atoms with Crippen LogP contribution in [0.3, 0.4) is 0 Å². The lowest BCUT2D eigenvalue weighted by molar-refractivity contribution is 0.571. The largest absolute Gasteiger partial charge is 0.461 e. The zero-order valence-electron chi connectivity index (χ0n) is 11.0. The van der Waals surface area contributed by atoms with E-state index in [0.717, 1.165) is 50.8 Å². The second kappa shape index (κ2) is 4.69. The van der Waals surface area contributed by atoms with E-state index in [2.05, 4.69) is 22.0 Å². The molecule has 0 unspecified atom stereocenters. The predicted octanol–water partition coefficient (Wildman–Crippen LogP) is 4.45. The van der Waals surface area contributed by atoms with Gasteiger partial charge in [0.25, 0.3) is 0 Å². The maximum absolute atomic E-state index is 5.88. The molecule has 3 rings (SSSR count). The third-order valence-corrected chi connectivity index (χ3v) is 4.16. The lowest BCUT2D eigenvalue weighted by atomic mass is 10.0. The van der Waals surface area contributed by atoms with Gasteiger partial charge in [-0.15, -0.1) is 0 Å². The highest BCUT2D eigenvalue weighted by molar-refractivity contribution is 9.10. The number of hydrogen-bond donors (Lipinski definition) is 1. The molecule has 0 fully saturated rings. The highest BCUT2D eigenvalue weighted by Crippen LogP contribution is 2.39. The number of aryl methyl sites for hydroxylation is 3. The molecule has 0 radical (unpaired) electrons. The third kappa shape index (κ3) is 1.99. The van der Waals surface area contributed by atoms with Crippen LogP contribution in [0, 0.1) is 13.8 Å². The second-order valence-electron chi connectivity index (χ2n) is 4.88. The average molecular weight is 322 g/mol. The molecule has 2 heterocycles. The van der Waals surface area contributed by atoms with E-state index in [1.54, 1.807) is 0 Å². The van der Waals surface area contributed by atoms with E-state index in [0.29, 0.717) is 6.54 Å².